The summed E-state index contributed by atoms with van der Waals surface area (Å²) >= 11 is 0. The molecule has 0 saturated carbocycles. The number of nitrogens with zero attached hydrogens (tertiary/aromatic N) is 1. The summed E-state index contributed by atoms with van der Waals surface area (Å²) < 4.78 is 0. The Morgan fingerprint density at radius 1 is 1.10 bits per heavy atom. The van der Waals surface area contributed by atoms with E-state index < -0.39 is 0 Å². The third-order valence-corrected chi connectivity index (χ3v) is 3.94. The van der Waals surface area contributed by atoms with Gasteiger partial charge in [-0.25, -0.2) is 0 Å². The van der Waals surface area contributed by atoms with E-state index in [-0.39, 0.29) is 17.7 Å². The maximum Gasteiger partial charge on any atom is 0.253 e. The number of hydrogen-bond acceptors (Lipinski definition) is 3. The monoisotopic (exact) mass is 273 g/mol. The second-order valence-corrected chi connectivity index (χ2v) is 5.42. The summed E-state index contributed by atoms with van der Waals surface area (Å²) in [6.07, 6.45) is 2.19. The zero-order valence-corrected chi connectivity index (χ0v) is 11.4. The van der Waals surface area contributed by atoms with Crippen molar-refractivity contribution >= 4 is 17.5 Å². The van der Waals surface area contributed by atoms with Gasteiger partial charge in [0.25, 0.3) is 5.91 Å². The van der Waals surface area contributed by atoms with Crippen molar-refractivity contribution in [2.75, 3.05) is 31.5 Å². The van der Waals surface area contributed by atoms with Crippen molar-refractivity contribution in [3.05, 3.63) is 29.8 Å². The molecular formula is C15H19N3O2. The average Bonchev–Trinajstić information content (AvgIpc) is 2.90. The fourth-order valence-corrected chi connectivity index (χ4v) is 2.52. The lowest BCUT2D eigenvalue weighted by Gasteiger charge is -2.25. The van der Waals surface area contributed by atoms with Crippen LogP contribution in [-0.4, -0.2) is 42.9 Å². The molecule has 0 atom stereocenters. The fraction of sp³-hybridized carbons (Fsp3) is 0.467. The molecule has 0 unspecified atom stereocenters. The van der Waals surface area contributed by atoms with Gasteiger partial charge in [0.15, 0.2) is 0 Å². The molecule has 1 aromatic carbocycles. The van der Waals surface area contributed by atoms with E-state index in [0.29, 0.717) is 5.56 Å². The molecule has 2 fully saturated rings. The van der Waals surface area contributed by atoms with E-state index in [2.05, 4.69) is 10.6 Å². The highest BCUT2D eigenvalue weighted by molar-refractivity contribution is 5.96. The molecule has 2 aliphatic rings. The van der Waals surface area contributed by atoms with Gasteiger partial charge in [0, 0.05) is 37.4 Å². The summed E-state index contributed by atoms with van der Waals surface area (Å²) in [6.45, 7) is 3.20. The lowest BCUT2D eigenvalue weighted by atomic mass is 10.0. The second-order valence-electron chi connectivity index (χ2n) is 5.42. The highest BCUT2D eigenvalue weighted by Gasteiger charge is 2.25. The molecule has 0 bridgehead atoms. The summed E-state index contributed by atoms with van der Waals surface area (Å²) in [5.41, 5.74) is 1.44. The molecule has 2 N–H and O–H groups in total. The van der Waals surface area contributed by atoms with Crippen LogP contribution < -0.4 is 10.6 Å². The van der Waals surface area contributed by atoms with Crippen LogP contribution in [0, 0.1) is 5.92 Å². The van der Waals surface area contributed by atoms with Crippen LogP contribution in [0.2, 0.25) is 0 Å². The zero-order chi connectivity index (χ0) is 13.9. The zero-order valence-electron chi connectivity index (χ0n) is 11.4. The summed E-state index contributed by atoms with van der Waals surface area (Å²) in [4.78, 5) is 25.9. The van der Waals surface area contributed by atoms with Crippen molar-refractivity contribution in [2.45, 2.75) is 12.8 Å². The first-order valence-corrected chi connectivity index (χ1v) is 7.15. The number of anilines is 1. The molecule has 20 heavy (non-hydrogen) atoms. The van der Waals surface area contributed by atoms with Gasteiger partial charge in [-0.1, -0.05) is 0 Å². The normalized spacial score (nSPS) is 18.7. The Bertz CT molecular complexity index is 502. The molecule has 2 saturated heterocycles. The summed E-state index contributed by atoms with van der Waals surface area (Å²) in [5.74, 6) is 0.201. The van der Waals surface area contributed by atoms with Crippen LogP contribution in [0.5, 0.6) is 0 Å². The predicted octanol–water partition coefficient (Wildman–Crippen LogP) is 1.08. The molecule has 106 valence electrons. The first-order chi connectivity index (χ1) is 9.74. The molecule has 5 nitrogen and oxygen atoms in total. The Balaban J connectivity index is 1.61. The van der Waals surface area contributed by atoms with E-state index >= 15 is 0 Å². The van der Waals surface area contributed by atoms with Gasteiger partial charge >= 0.3 is 0 Å². The standard InChI is InChI=1S/C15H19N3O2/c19-14(12-9-16-10-12)17-13-5-3-11(4-6-13)15(20)18-7-1-2-8-18/h3-6,12,16H,1-2,7-10H2,(H,17,19). The van der Waals surface area contributed by atoms with Crippen molar-refractivity contribution in [1.29, 1.82) is 0 Å². The molecule has 0 aromatic heterocycles. The van der Waals surface area contributed by atoms with Crippen LogP contribution in [-0.2, 0) is 4.79 Å². The van der Waals surface area contributed by atoms with Gasteiger partial charge in [-0.15, -0.1) is 0 Å². The molecule has 2 aliphatic heterocycles. The second kappa shape index (κ2) is 5.63. The number of carbonyl (C=O) groups is 2. The van der Waals surface area contributed by atoms with E-state index in [9.17, 15) is 9.59 Å². The average molecular weight is 273 g/mol. The van der Waals surface area contributed by atoms with Crippen LogP contribution in [0.1, 0.15) is 23.2 Å². The minimum absolute atomic E-state index is 0.0439. The number of amides is 2. The molecular weight excluding hydrogens is 254 g/mol. The van der Waals surface area contributed by atoms with Gasteiger partial charge in [0.1, 0.15) is 0 Å². The van der Waals surface area contributed by atoms with Crippen molar-refractivity contribution in [3.63, 3.8) is 0 Å². The minimum atomic E-state index is 0.0439. The van der Waals surface area contributed by atoms with Crippen molar-refractivity contribution in [1.82, 2.24) is 10.2 Å². The number of rotatable bonds is 3. The quantitative estimate of drug-likeness (QED) is 0.866. The Labute approximate surface area is 118 Å². The molecule has 2 amide bonds. The van der Waals surface area contributed by atoms with E-state index in [1.807, 2.05) is 4.90 Å². The van der Waals surface area contributed by atoms with Gasteiger partial charge in [-0.2, -0.15) is 0 Å². The van der Waals surface area contributed by atoms with Gasteiger partial charge in [-0.05, 0) is 37.1 Å². The molecule has 1 aromatic rings. The van der Waals surface area contributed by atoms with Gasteiger partial charge < -0.3 is 15.5 Å². The summed E-state index contributed by atoms with van der Waals surface area (Å²) in [6, 6.07) is 7.17. The highest BCUT2D eigenvalue weighted by atomic mass is 16.2. The third kappa shape index (κ3) is 2.67. The van der Waals surface area contributed by atoms with E-state index in [4.69, 9.17) is 0 Å². The Morgan fingerprint density at radius 2 is 1.75 bits per heavy atom. The summed E-state index contributed by atoms with van der Waals surface area (Å²) in [7, 11) is 0. The third-order valence-electron chi connectivity index (χ3n) is 3.94. The van der Waals surface area contributed by atoms with Crippen LogP contribution in [0.15, 0.2) is 24.3 Å². The molecule has 2 heterocycles. The van der Waals surface area contributed by atoms with Crippen LogP contribution in [0.4, 0.5) is 5.69 Å². The van der Waals surface area contributed by atoms with E-state index in [1.54, 1.807) is 24.3 Å². The maximum atomic E-state index is 12.2. The van der Waals surface area contributed by atoms with E-state index in [1.165, 1.54) is 0 Å². The number of benzene rings is 1. The fourth-order valence-electron chi connectivity index (χ4n) is 2.52. The molecule has 3 rings (SSSR count). The first kappa shape index (κ1) is 13.1. The summed E-state index contributed by atoms with van der Waals surface area (Å²) in [5, 5.41) is 5.95. The van der Waals surface area contributed by atoms with Crippen molar-refractivity contribution in [2.24, 2.45) is 5.92 Å². The number of nitrogens with one attached hydrogen (secondary N) is 2. The molecule has 5 heteroatoms. The minimum Gasteiger partial charge on any atom is -0.339 e. The largest absolute Gasteiger partial charge is 0.339 e. The topological polar surface area (TPSA) is 61.4 Å². The molecule has 0 spiro atoms. The van der Waals surface area contributed by atoms with Crippen molar-refractivity contribution < 1.29 is 9.59 Å². The van der Waals surface area contributed by atoms with Crippen LogP contribution in [0.3, 0.4) is 0 Å². The van der Waals surface area contributed by atoms with Crippen LogP contribution in [0.25, 0.3) is 0 Å². The number of carbonyl (C=O) groups excluding carboxylic acids is 2. The Kier molecular flexibility index (Phi) is 3.69. The molecule has 0 radical (unpaired) electrons. The first-order valence-electron chi connectivity index (χ1n) is 7.15. The van der Waals surface area contributed by atoms with E-state index in [0.717, 1.165) is 44.7 Å². The Hall–Kier alpha value is -1.88. The van der Waals surface area contributed by atoms with Gasteiger partial charge in [0.05, 0.1) is 5.92 Å². The van der Waals surface area contributed by atoms with Gasteiger partial charge in [0.2, 0.25) is 5.91 Å². The van der Waals surface area contributed by atoms with Crippen molar-refractivity contribution in [3.8, 4) is 0 Å². The SMILES string of the molecule is O=C(Nc1ccc(C(=O)N2CCCC2)cc1)C1CNC1. The van der Waals surface area contributed by atoms with Gasteiger partial charge in [-0.3, -0.25) is 9.59 Å². The Morgan fingerprint density at radius 3 is 2.30 bits per heavy atom. The lowest BCUT2D eigenvalue weighted by Crippen LogP contribution is -2.48. The highest BCUT2D eigenvalue weighted by Crippen LogP contribution is 2.16. The predicted molar refractivity (Wildman–Crippen MR) is 76.6 cm³/mol. The number of hydrogen-bond donors (Lipinski definition) is 2. The molecule has 0 aliphatic carbocycles. The number of likely N-dealkylation sites (tertiary alicyclic amines) is 1. The van der Waals surface area contributed by atoms with Crippen LogP contribution >= 0.6 is 0 Å². The smallest absolute Gasteiger partial charge is 0.253 e. The maximum absolute atomic E-state index is 12.2. The lowest BCUT2D eigenvalue weighted by molar-refractivity contribution is -0.121.